The molecule has 106 valence electrons. The quantitative estimate of drug-likeness (QED) is 0.928. The third kappa shape index (κ3) is 3.26. The topological polar surface area (TPSA) is 38.5 Å². The molecule has 1 aliphatic rings. The van der Waals surface area contributed by atoms with Crippen molar-refractivity contribution < 1.29 is 9.13 Å². The summed E-state index contributed by atoms with van der Waals surface area (Å²) in [5, 5.41) is 0.433. The zero-order valence-electron chi connectivity index (χ0n) is 11.3. The first-order chi connectivity index (χ1) is 9.02. The van der Waals surface area contributed by atoms with E-state index in [-0.39, 0.29) is 24.1 Å². The summed E-state index contributed by atoms with van der Waals surface area (Å²) in [7, 11) is 0. The summed E-state index contributed by atoms with van der Waals surface area (Å²) >= 11 is 6.14. The Balaban J connectivity index is 2.29. The molecule has 0 aromatic heterocycles. The molecule has 19 heavy (non-hydrogen) atoms. The molecule has 3 nitrogen and oxygen atoms in total. The van der Waals surface area contributed by atoms with Crippen LogP contribution in [0.1, 0.15) is 25.5 Å². The summed E-state index contributed by atoms with van der Waals surface area (Å²) in [6.45, 7) is 5.83. The second-order valence-corrected chi connectivity index (χ2v) is 5.51. The highest BCUT2D eigenvalue weighted by molar-refractivity contribution is 6.31. The van der Waals surface area contributed by atoms with Crippen LogP contribution in [0, 0.1) is 5.82 Å². The van der Waals surface area contributed by atoms with Gasteiger partial charge in [0.1, 0.15) is 5.82 Å². The second kappa shape index (κ2) is 6.18. The van der Waals surface area contributed by atoms with Crippen LogP contribution in [0.3, 0.4) is 0 Å². The Morgan fingerprint density at radius 3 is 2.58 bits per heavy atom. The smallest absolute Gasteiger partial charge is 0.129 e. The van der Waals surface area contributed by atoms with E-state index in [4.69, 9.17) is 22.1 Å². The third-order valence-electron chi connectivity index (χ3n) is 3.44. The molecule has 1 fully saturated rings. The van der Waals surface area contributed by atoms with Crippen molar-refractivity contribution >= 4 is 11.6 Å². The highest BCUT2D eigenvalue weighted by Crippen LogP contribution is 2.31. The van der Waals surface area contributed by atoms with Gasteiger partial charge in [-0.3, -0.25) is 4.90 Å². The Kier molecular flexibility index (Phi) is 4.79. The van der Waals surface area contributed by atoms with Crippen LogP contribution >= 0.6 is 11.6 Å². The van der Waals surface area contributed by atoms with Crippen molar-refractivity contribution in [3.05, 3.63) is 34.6 Å². The van der Waals surface area contributed by atoms with Gasteiger partial charge in [-0.2, -0.15) is 0 Å². The van der Waals surface area contributed by atoms with E-state index < -0.39 is 0 Å². The lowest BCUT2D eigenvalue weighted by atomic mass is 10.0. The molecule has 5 heteroatoms. The minimum atomic E-state index is -0.297. The van der Waals surface area contributed by atoms with Gasteiger partial charge >= 0.3 is 0 Å². The number of benzene rings is 1. The fourth-order valence-electron chi connectivity index (χ4n) is 2.75. The zero-order chi connectivity index (χ0) is 14.0. The SMILES string of the molecule is C[C@@H]1CN(C(CN)c2c(F)cccc2Cl)C[C@H](C)O1. The zero-order valence-corrected chi connectivity index (χ0v) is 12.0. The number of halogens is 2. The van der Waals surface area contributed by atoms with Crippen molar-refractivity contribution in [1.82, 2.24) is 4.90 Å². The van der Waals surface area contributed by atoms with Crippen LogP contribution in [0.4, 0.5) is 4.39 Å². The fraction of sp³-hybridized carbons (Fsp3) is 0.571. The van der Waals surface area contributed by atoms with Crippen molar-refractivity contribution in [2.24, 2.45) is 5.73 Å². The lowest BCUT2D eigenvalue weighted by Crippen LogP contribution is -2.48. The van der Waals surface area contributed by atoms with E-state index in [0.29, 0.717) is 17.1 Å². The summed E-state index contributed by atoms with van der Waals surface area (Å²) in [4.78, 5) is 2.16. The Bertz CT molecular complexity index is 413. The Hall–Kier alpha value is -0.680. The molecule has 3 atom stereocenters. The minimum Gasteiger partial charge on any atom is -0.373 e. The van der Waals surface area contributed by atoms with Gasteiger partial charge in [-0.05, 0) is 26.0 Å². The molecular weight excluding hydrogens is 267 g/mol. The predicted octanol–water partition coefficient (Wildman–Crippen LogP) is 2.59. The maximum absolute atomic E-state index is 14.0. The van der Waals surface area contributed by atoms with Gasteiger partial charge in [-0.1, -0.05) is 17.7 Å². The Labute approximate surface area is 118 Å². The van der Waals surface area contributed by atoms with Gasteiger partial charge in [0.25, 0.3) is 0 Å². The number of nitrogens with two attached hydrogens (primary N) is 1. The summed E-state index contributed by atoms with van der Waals surface area (Å²) < 4.78 is 19.7. The number of hydrogen-bond acceptors (Lipinski definition) is 3. The van der Waals surface area contributed by atoms with Gasteiger partial charge in [-0.25, -0.2) is 4.39 Å². The third-order valence-corrected chi connectivity index (χ3v) is 3.77. The number of rotatable bonds is 3. The molecule has 1 aromatic carbocycles. The highest BCUT2D eigenvalue weighted by Gasteiger charge is 2.30. The van der Waals surface area contributed by atoms with Gasteiger partial charge in [0.15, 0.2) is 0 Å². The number of hydrogen-bond donors (Lipinski definition) is 1. The second-order valence-electron chi connectivity index (χ2n) is 5.10. The molecule has 1 saturated heterocycles. The molecule has 0 radical (unpaired) electrons. The largest absolute Gasteiger partial charge is 0.373 e. The lowest BCUT2D eigenvalue weighted by molar-refractivity contribution is -0.0802. The number of ether oxygens (including phenoxy) is 1. The van der Waals surface area contributed by atoms with Gasteiger partial charge in [0.2, 0.25) is 0 Å². The molecule has 0 spiro atoms. The molecule has 0 aliphatic carbocycles. The Morgan fingerprint density at radius 2 is 2.05 bits per heavy atom. The molecule has 2 rings (SSSR count). The summed E-state index contributed by atoms with van der Waals surface area (Å²) in [5.74, 6) is -0.297. The molecule has 1 aliphatic heterocycles. The lowest BCUT2D eigenvalue weighted by Gasteiger charge is -2.40. The van der Waals surface area contributed by atoms with Crippen LogP contribution < -0.4 is 5.73 Å². The standard InChI is InChI=1S/C14H20ClFN2O/c1-9-7-18(8-10(2)19-9)13(6-17)14-11(15)4-3-5-12(14)16/h3-5,9-10,13H,6-8,17H2,1-2H3/t9-,10+,13?. The molecule has 1 heterocycles. The van der Waals surface area contributed by atoms with Gasteiger partial charge in [0.05, 0.1) is 18.2 Å². The molecule has 0 saturated carbocycles. The van der Waals surface area contributed by atoms with Crippen LogP contribution in [-0.2, 0) is 4.74 Å². The van der Waals surface area contributed by atoms with E-state index in [1.165, 1.54) is 6.07 Å². The van der Waals surface area contributed by atoms with Gasteiger partial charge < -0.3 is 10.5 Å². The molecular formula is C14H20ClFN2O. The van der Waals surface area contributed by atoms with Crippen molar-refractivity contribution in [3.63, 3.8) is 0 Å². The first-order valence-corrected chi connectivity index (χ1v) is 6.94. The van der Waals surface area contributed by atoms with Crippen LogP contribution in [0.15, 0.2) is 18.2 Å². The first-order valence-electron chi connectivity index (χ1n) is 6.56. The average Bonchev–Trinajstić information content (AvgIpc) is 2.32. The predicted molar refractivity (Wildman–Crippen MR) is 74.8 cm³/mol. The monoisotopic (exact) mass is 286 g/mol. The Morgan fingerprint density at radius 1 is 1.42 bits per heavy atom. The molecule has 0 amide bonds. The van der Waals surface area contributed by atoms with E-state index in [2.05, 4.69) is 4.90 Å². The van der Waals surface area contributed by atoms with E-state index in [1.807, 2.05) is 13.8 Å². The van der Waals surface area contributed by atoms with Crippen LogP contribution in [0.2, 0.25) is 5.02 Å². The molecule has 1 aromatic rings. The van der Waals surface area contributed by atoms with Crippen LogP contribution in [0.25, 0.3) is 0 Å². The van der Waals surface area contributed by atoms with Crippen LogP contribution in [0.5, 0.6) is 0 Å². The van der Waals surface area contributed by atoms with E-state index in [0.717, 1.165) is 13.1 Å². The van der Waals surface area contributed by atoms with Crippen molar-refractivity contribution in [1.29, 1.82) is 0 Å². The molecule has 2 N–H and O–H groups in total. The van der Waals surface area contributed by atoms with Crippen molar-refractivity contribution in [2.45, 2.75) is 32.1 Å². The normalized spacial score (nSPS) is 26.4. The van der Waals surface area contributed by atoms with Gasteiger partial charge in [0, 0.05) is 30.2 Å². The van der Waals surface area contributed by atoms with E-state index in [1.54, 1.807) is 12.1 Å². The maximum atomic E-state index is 14.0. The van der Waals surface area contributed by atoms with Gasteiger partial charge in [-0.15, -0.1) is 0 Å². The van der Waals surface area contributed by atoms with E-state index in [9.17, 15) is 4.39 Å². The van der Waals surface area contributed by atoms with Crippen LogP contribution in [-0.4, -0.2) is 36.7 Å². The highest BCUT2D eigenvalue weighted by atomic mass is 35.5. The summed E-state index contributed by atoms with van der Waals surface area (Å²) in [6, 6.07) is 4.54. The van der Waals surface area contributed by atoms with Crippen molar-refractivity contribution in [2.75, 3.05) is 19.6 Å². The summed E-state index contributed by atoms with van der Waals surface area (Å²) in [5.41, 5.74) is 6.35. The van der Waals surface area contributed by atoms with E-state index >= 15 is 0 Å². The minimum absolute atomic E-state index is 0.114. The fourth-order valence-corrected chi connectivity index (χ4v) is 3.04. The summed E-state index contributed by atoms with van der Waals surface area (Å²) in [6.07, 6.45) is 0.228. The number of morpholine rings is 1. The van der Waals surface area contributed by atoms with Crippen molar-refractivity contribution in [3.8, 4) is 0 Å². The average molecular weight is 287 g/mol. The molecule has 1 unspecified atom stereocenters. The molecule has 0 bridgehead atoms. The maximum Gasteiger partial charge on any atom is 0.129 e. The number of nitrogens with zero attached hydrogens (tertiary/aromatic N) is 1. The first kappa shape index (κ1) is 14.7.